The fourth-order valence-electron chi connectivity index (χ4n) is 3.41. The predicted molar refractivity (Wildman–Crippen MR) is 94.1 cm³/mol. The molecule has 1 heterocycles. The Morgan fingerprint density at radius 2 is 1.92 bits per heavy atom. The van der Waals surface area contributed by atoms with E-state index in [9.17, 15) is 14.4 Å². The molecule has 2 fully saturated rings. The first-order valence-corrected chi connectivity index (χ1v) is 9.33. The highest BCUT2D eigenvalue weighted by molar-refractivity contribution is 8.14. The van der Waals surface area contributed by atoms with Crippen molar-refractivity contribution in [1.29, 1.82) is 0 Å². The van der Waals surface area contributed by atoms with E-state index < -0.39 is 0 Å². The van der Waals surface area contributed by atoms with E-state index in [2.05, 4.69) is 5.32 Å². The first kappa shape index (κ1) is 17.0. The highest BCUT2D eigenvalue weighted by Gasteiger charge is 2.41. The summed E-state index contributed by atoms with van der Waals surface area (Å²) in [4.78, 5) is 38.0. The number of aryl methyl sites for hydroxylation is 2. The minimum atomic E-state index is -0.218. The SMILES string of the molecule is Cc1ccc(C(=O)N[C@@H]2CCCC[C@@H]2N2C(=O)CSC2=O)cc1C. The van der Waals surface area contributed by atoms with Crippen LogP contribution in [0.1, 0.15) is 47.2 Å². The largest absolute Gasteiger partial charge is 0.347 e. The zero-order valence-electron chi connectivity index (χ0n) is 14.0. The molecular formula is C18H22N2O3S. The van der Waals surface area contributed by atoms with E-state index in [0.29, 0.717) is 5.56 Å². The highest BCUT2D eigenvalue weighted by Crippen LogP contribution is 2.30. The second-order valence-electron chi connectivity index (χ2n) is 6.55. The number of hydrogen-bond donors (Lipinski definition) is 1. The van der Waals surface area contributed by atoms with Crippen molar-refractivity contribution in [2.45, 2.75) is 51.6 Å². The topological polar surface area (TPSA) is 66.5 Å². The molecule has 1 aromatic rings. The maximum absolute atomic E-state index is 12.6. The summed E-state index contributed by atoms with van der Waals surface area (Å²) in [6, 6.07) is 5.25. The van der Waals surface area contributed by atoms with Crippen LogP contribution in [-0.4, -0.2) is 39.8 Å². The number of nitrogens with zero attached hydrogens (tertiary/aromatic N) is 1. The molecule has 6 heteroatoms. The Hall–Kier alpha value is -1.82. The van der Waals surface area contributed by atoms with Gasteiger partial charge in [-0.3, -0.25) is 19.3 Å². The highest BCUT2D eigenvalue weighted by atomic mass is 32.2. The molecule has 3 amide bonds. The molecule has 1 N–H and O–H groups in total. The summed E-state index contributed by atoms with van der Waals surface area (Å²) < 4.78 is 0. The van der Waals surface area contributed by atoms with E-state index in [0.717, 1.165) is 48.6 Å². The minimum Gasteiger partial charge on any atom is -0.347 e. The summed E-state index contributed by atoms with van der Waals surface area (Å²) in [5.74, 6) is -0.0586. The first-order valence-electron chi connectivity index (χ1n) is 8.34. The maximum Gasteiger partial charge on any atom is 0.289 e. The Morgan fingerprint density at radius 3 is 2.58 bits per heavy atom. The van der Waals surface area contributed by atoms with Crippen molar-refractivity contribution >= 4 is 28.8 Å². The number of carbonyl (C=O) groups excluding carboxylic acids is 3. The monoisotopic (exact) mass is 346 g/mol. The smallest absolute Gasteiger partial charge is 0.289 e. The number of benzene rings is 1. The summed E-state index contributed by atoms with van der Waals surface area (Å²) in [6.07, 6.45) is 3.53. The molecule has 1 aliphatic heterocycles. The molecule has 24 heavy (non-hydrogen) atoms. The number of hydrogen-bond acceptors (Lipinski definition) is 4. The Balaban J connectivity index is 1.76. The summed E-state index contributed by atoms with van der Waals surface area (Å²) in [6.45, 7) is 3.99. The molecule has 5 nitrogen and oxygen atoms in total. The summed E-state index contributed by atoms with van der Waals surface area (Å²) in [5.41, 5.74) is 2.84. The lowest BCUT2D eigenvalue weighted by Crippen LogP contribution is -2.54. The Labute approximate surface area is 146 Å². The maximum atomic E-state index is 12.6. The van der Waals surface area contributed by atoms with Crippen LogP contribution in [0.4, 0.5) is 4.79 Å². The van der Waals surface area contributed by atoms with Crippen LogP contribution in [0.2, 0.25) is 0 Å². The van der Waals surface area contributed by atoms with Crippen LogP contribution in [0.3, 0.4) is 0 Å². The van der Waals surface area contributed by atoms with E-state index in [1.54, 1.807) is 0 Å². The Kier molecular flexibility index (Phi) is 4.94. The van der Waals surface area contributed by atoms with Gasteiger partial charge in [-0.25, -0.2) is 0 Å². The van der Waals surface area contributed by atoms with Crippen molar-refractivity contribution in [1.82, 2.24) is 10.2 Å². The van der Waals surface area contributed by atoms with Gasteiger partial charge in [0.1, 0.15) is 0 Å². The first-order chi connectivity index (χ1) is 11.5. The second kappa shape index (κ2) is 6.97. The molecule has 1 saturated heterocycles. The summed E-state index contributed by atoms with van der Waals surface area (Å²) in [7, 11) is 0. The van der Waals surface area contributed by atoms with E-state index in [1.807, 2.05) is 32.0 Å². The molecule has 0 unspecified atom stereocenters. The third-order valence-electron chi connectivity index (χ3n) is 4.93. The lowest BCUT2D eigenvalue weighted by molar-refractivity contribution is -0.127. The fourth-order valence-corrected chi connectivity index (χ4v) is 4.17. The third kappa shape index (κ3) is 3.34. The number of carbonyl (C=O) groups is 3. The van der Waals surface area contributed by atoms with Gasteiger partial charge in [0.15, 0.2) is 0 Å². The van der Waals surface area contributed by atoms with Crippen LogP contribution in [0.15, 0.2) is 18.2 Å². The molecule has 0 radical (unpaired) electrons. The average Bonchev–Trinajstić information content (AvgIpc) is 2.89. The number of nitrogens with one attached hydrogen (secondary N) is 1. The van der Waals surface area contributed by atoms with Gasteiger partial charge in [0.05, 0.1) is 17.8 Å². The Bertz CT molecular complexity index is 673. The van der Waals surface area contributed by atoms with E-state index in [1.165, 1.54) is 4.90 Å². The van der Waals surface area contributed by atoms with Gasteiger partial charge < -0.3 is 5.32 Å². The molecule has 1 aromatic carbocycles. The van der Waals surface area contributed by atoms with Gasteiger partial charge in [0.2, 0.25) is 5.91 Å². The molecule has 0 aromatic heterocycles. The zero-order valence-corrected chi connectivity index (χ0v) is 14.8. The van der Waals surface area contributed by atoms with E-state index in [4.69, 9.17) is 0 Å². The van der Waals surface area contributed by atoms with Gasteiger partial charge in [-0.1, -0.05) is 30.7 Å². The fraction of sp³-hybridized carbons (Fsp3) is 0.500. The van der Waals surface area contributed by atoms with Crippen LogP contribution in [0.5, 0.6) is 0 Å². The standard InChI is InChI=1S/C18H22N2O3S/c1-11-7-8-13(9-12(11)2)17(22)19-14-5-3-4-6-15(14)20-16(21)10-24-18(20)23/h7-9,14-15H,3-6,10H2,1-2H3,(H,19,22)/t14-,15+/m1/s1. The zero-order chi connectivity index (χ0) is 17.3. The molecule has 3 rings (SSSR count). The van der Waals surface area contributed by atoms with Crippen molar-refractivity contribution in [3.8, 4) is 0 Å². The van der Waals surface area contributed by atoms with Crippen molar-refractivity contribution < 1.29 is 14.4 Å². The lowest BCUT2D eigenvalue weighted by atomic mass is 9.89. The number of imide groups is 1. The lowest BCUT2D eigenvalue weighted by Gasteiger charge is -2.36. The number of amides is 3. The van der Waals surface area contributed by atoms with Crippen molar-refractivity contribution in [2.24, 2.45) is 0 Å². The molecule has 1 aliphatic carbocycles. The quantitative estimate of drug-likeness (QED) is 0.913. The van der Waals surface area contributed by atoms with Gasteiger partial charge in [-0.2, -0.15) is 0 Å². The summed E-state index contributed by atoms with van der Waals surface area (Å²) in [5, 5.41) is 2.87. The molecule has 2 aliphatic rings. The molecule has 2 atom stereocenters. The minimum absolute atomic E-state index is 0.137. The van der Waals surface area contributed by atoms with Gasteiger partial charge in [0, 0.05) is 5.56 Å². The number of rotatable bonds is 3. The van der Waals surface area contributed by atoms with Crippen LogP contribution in [-0.2, 0) is 4.79 Å². The predicted octanol–water partition coefficient (Wildman–Crippen LogP) is 3.04. The van der Waals surface area contributed by atoms with Gasteiger partial charge >= 0.3 is 0 Å². The summed E-state index contributed by atoms with van der Waals surface area (Å²) >= 11 is 1.05. The van der Waals surface area contributed by atoms with Gasteiger partial charge in [-0.05, 0) is 49.9 Å². The van der Waals surface area contributed by atoms with Crippen molar-refractivity contribution in [3.63, 3.8) is 0 Å². The number of thioether (sulfide) groups is 1. The van der Waals surface area contributed by atoms with Crippen LogP contribution < -0.4 is 5.32 Å². The van der Waals surface area contributed by atoms with Crippen LogP contribution in [0, 0.1) is 13.8 Å². The average molecular weight is 346 g/mol. The molecule has 0 bridgehead atoms. The second-order valence-corrected chi connectivity index (χ2v) is 7.48. The van der Waals surface area contributed by atoms with E-state index in [-0.39, 0.29) is 34.9 Å². The molecule has 0 spiro atoms. The molecule has 128 valence electrons. The normalized spacial score (nSPS) is 24.3. The van der Waals surface area contributed by atoms with Crippen molar-refractivity contribution in [3.05, 3.63) is 34.9 Å². The van der Waals surface area contributed by atoms with Gasteiger partial charge in [0.25, 0.3) is 11.1 Å². The van der Waals surface area contributed by atoms with Crippen LogP contribution in [0.25, 0.3) is 0 Å². The van der Waals surface area contributed by atoms with E-state index >= 15 is 0 Å². The molecule has 1 saturated carbocycles. The third-order valence-corrected chi connectivity index (χ3v) is 5.77. The van der Waals surface area contributed by atoms with Crippen molar-refractivity contribution in [2.75, 3.05) is 5.75 Å². The van der Waals surface area contributed by atoms with Crippen LogP contribution >= 0.6 is 11.8 Å². The molecular weight excluding hydrogens is 324 g/mol. The van der Waals surface area contributed by atoms with Gasteiger partial charge in [-0.15, -0.1) is 0 Å². The Morgan fingerprint density at radius 1 is 1.17 bits per heavy atom.